The third-order valence-corrected chi connectivity index (χ3v) is 2.14. The number of carbonyl (C=O) groups is 1. The molecule has 2 rings (SSSR count). The van der Waals surface area contributed by atoms with Crippen LogP contribution in [0, 0.1) is 0 Å². The summed E-state index contributed by atoms with van der Waals surface area (Å²) in [4.78, 5) is 27.3. The fraction of sp³-hybridized carbons (Fsp3) is 0.182. The van der Waals surface area contributed by atoms with Gasteiger partial charge in [-0.15, -0.1) is 0 Å². The van der Waals surface area contributed by atoms with E-state index in [0.29, 0.717) is 12.2 Å². The summed E-state index contributed by atoms with van der Waals surface area (Å²) in [6.07, 6.45) is 1.62. The van der Waals surface area contributed by atoms with Crippen LogP contribution in [0.1, 0.15) is 17.4 Å². The van der Waals surface area contributed by atoms with Gasteiger partial charge in [0.1, 0.15) is 11.3 Å². The Kier molecular flexibility index (Phi) is 2.68. The van der Waals surface area contributed by atoms with Gasteiger partial charge in [0.2, 0.25) is 0 Å². The largest absolute Gasteiger partial charge is 0.351 e. The fourth-order valence-corrected chi connectivity index (χ4v) is 1.42. The molecule has 0 aliphatic carbocycles. The van der Waals surface area contributed by atoms with E-state index < -0.39 is 0 Å². The first-order valence-electron chi connectivity index (χ1n) is 4.99. The van der Waals surface area contributed by atoms with E-state index in [2.05, 4.69) is 10.3 Å². The van der Waals surface area contributed by atoms with E-state index in [1.54, 1.807) is 24.4 Å². The number of aromatic nitrogens is 2. The second kappa shape index (κ2) is 4.14. The van der Waals surface area contributed by atoms with Crippen molar-refractivity contribution in [2.24, 2.45) is 0 Å². The Balaban J connectivity index is 2.58. The van der Waals surface area contributed by atoms with Gasteiger partial charge >= 0.3 is 0 Å². The number of rotatable bonds is 2. The van der Waals surface area contributed by atoms with Crippen LogP contribution < -0.4 is 10.9 Å². The summed E-state index contributed by atoms with van der Waals surface area (Å²) in [6, 6.07) is 6.42. The van der Waals surface area contributed by atoms with Crippen molar-refractivity contribution in [3.05, 3.63) is 46.5 Å². The Labute approximate surface area is 91.7 Å². The Bertz CT molecular complexity index is 589. The molecule has 0 aliphatic heterocycles. The SMILES string of the molecule is CCNC(=O)c1cc(=O)n2ccccc2n1. The minimum atomic E-state index is -0.328. The molecular weight excluding hydrogens is 206 g/mol. The summed E-state index contributed by atoms with van der Waals surface area (Å²) in [5.41, 5.74) is 0.362. The van der Waals surface area contributed by atoms with E-state index in [0.717, 1.165) is 0 Å². The molecule has 1 N–H and O–H groups in total. The summed E-state index contributed by atoms with van der Waals surface area (Å²) in [6.45, 7) is 2.32. The highest BCUT2D eigenvalue weighted by molar-refractivity contribution is 5.92. The molecule has 0 saturated carbocycles. The average molecular weight is 217 g/mol. The second-order valence-corrected chi connectivity index (χ2v) is 3.27. The zero-order valence-electron chi connectivity index (χ0n) is 8.80. The van der Waals surface area contributed by atoms with Crippen molar-refractivity contribution in [1.82, 2.24) is 14.7 Å². The lowest BCUT2D eigenvalue weighted by atomic mass is 10.3. The summed E-state index contributed by atoms with van der Waals surface area (Å²) in [5, 5.41) is 2.60. The van der Waals surface area contributed by atoms with E-state index in [-0.39, 0.29) is 17.2 Å². The van der Waals surface area contributed by atoms with Gasteiger partial charge < -0.3 is 5.32 Å². The third kappa shape index (κ3) is 1.79. The van der Waals surface area contributed by atoms with Gasteiger partial charge in [0.05, 0.1) is 0 Å². The van der Waals surface area contributed by atoms with Crippen LogP contribution in [0.3, 0.4) is 0 Å². The van der Waals surface area contributed by atoms with Crippen LogP contribution in [0.5, 0.6) is 0 Å². The van der Waals surface area contributed by atoms with Gasteiger partial charge in [0, 0.05) is 18.8 Å². The maximum atomic E-state index is 11.7. The number of amides is 1. The summed E-state index contributed by atoms with van der Waals surface area (Å²) >= 11 is 0. The van der Waals surface area contributed by atoms with Crippen molar-refractivity contribution >= 4 is 11.6 Å². The summed E-state index contributed by atoms with van der Waals surface area (Å²) in [5.74, 6) is -0.328. The monoisotopic (exact) mass is 217 g/mol. The molecule has 0 aliphatic rings. The van der Waals surface area contributed by atoms with Crippen molar-refractivity contribution in [2.45, 2.75) is 6.92 Å². The van der Waals surface area contributed by atoms with Crippen LogP contribution >= 0.6 is 0 Å². The third-order valence-electron chi connectivity index (χ3n) is 2.14. The number of hydrogen-bond acceptors (Lipinski definition) is 3. The highest BCUT2D eigenvalue weighted by atomic mass is 16.2. The van der Waals surface area contributed by atoms with Gasteiger partial charge in [-0.05, 0) is 19.1 Å². The molecule has 0 bridgehead atoms. The smallest absolute Gasteiger partial charge is 0.270 e. The topological polar surface area (TPSA) is 63.5 Å². The first-order valence-corrected chi connectivity index (χ1v) is 4.99. The molecule has 0 radical (unpaired) electrons. The molecule has 0 fully saturated rings. The highest BCUT2D eigenvalue weighted by Crippen LogP contribution is 1.98. The van der Waals surface area contributed by atoms with E-state index in [9.17, 15) is 9.59 Å². The number of nitrogens with one attached hydrogen (secondary N) is 1. The predicted molar refractivity (Wildman–Crippen MR) is 59.5 cm³/mol. The number of pyridine rings is 1. The molecule has 5 heteroatoms. The van der Waals surface area contributed by atoms with Crippen molar-refractivity contribution in [3.63, 3.8) is 0 Å². The molecule has 0 spiro atoms. The predicted octanol–water partition coefficient (Wildman–Crippen LogP) is 0.444. The van der Waals surface area contributed by atoms with Gasteiger partial charge in [0.25, 0.3) is 11.5 Å². The molecule has 0 atom stereocenters. The number of nitrogens with zero attached hydrogens (tertiary/aromatic N) is 2. The Morgan fingerprint density at radius 3 is 3.06 bits per heavy atom. The first kappa shape index (κ1) is 10.4. The lowest BCUT2D eigenvalue weighted by Gasteiger charge is -2.03. The lowest BCUT2D eigenvalue weighted by molar-refractivity contribution is 0.0951. The van der Waals surface area contributed by atoms with E-state index in [1.807, 2.05) is 6.92 Å². The van der Waals surface area contributed by atoms with Crippen molar-refractivity contribution in [1.29, 1.82) is 0 Å². The molecule has 82 valence electrons. The molecule has 1 amide bonds. The lowest BCUT2D eigenvalue weighted by Crippen LogP contribution is -2.26. The molecule has 0 unspecified atom stereocenters. The standard InChI is InChI=1S/C11H11N3O2/c1-2-12-11(16)8-7-10(15)14-6-4-3-5-9(14)13-8/h3-7H,2H2,1H3,(H,12,16). The van der Waals surface area contributed by atoms with Gasteiger partial charge in [-0.25, -0.2) is 4.98 Å². The Morgan fingerprint density at radius 2 is 2.31 bits per heavy atom. The van der Waals surface area contributed by atoms with Gasteiger partial charge in [0.15, 0.2) is 0 Å². The Morgan fingerprint density at radius 1 is 1.50 bits per heavy atom. The van der Waals surface area contributed by atoms with Crippen LogP contribution in [-0.4, -0.2) is 21.8 Å². The van der Waals surface area contributed by atoms with Crippen molar-refractivity contribution < 1.29 is 4.79 Å². The minimum absolute atomic E-state index is 0.151. The second-order valence-electron chi connectivity index (χ2n) is 3.27. The zero-order valence-corrected chi connectivity index (χ0v) is 8.80. The van der Waals surface area contributed by atoms with E-state index in [4.69, 9.17) is 0 Å². The normalized spacial score (nSPS) is 10.3. The summed E-state index contributed by atoms with van der Waals surface area (Å²) < 4.78 is 1.39. The maximum Gasteiger partial charge on any atom is 0.270 e. The summed E-state index contributed by atoms with van der Waals surface area (Å²) in [7, 11) is 0. The molecule has 2 heterocycles. The van der Waals surface area contributed by atoms with E-state index >= 15 is 0 Å². The number of fused-ring (bicyclic) bond motifs is 1. The molecular formula is C11H11N3O2. The van der Waals surface area contributed by atoms with Gasteiger partial charge in [-0.1, -0.05) is 6.07 Å². The molecule has 5 nitrogen and oxygen atoms in total. The van der Waals surface area contributed by atoms with Crippen LogP contribution in [0.2, 0.25) is 0 Å². The highest BCUT2D eigenvalue weighted by Gasteiger charge is 2.08. The molecule has 2 aromatic heterocycles. The Hall–Kier alpha value is -2.17. The number of hydrogen-bond donors (Lipinski definition) is 1. The van der Waals surface area contributed by atoms with Crippen LogP contribution in [0.25, 0.3) is 5.65 Å². The molecule has 2 aromatic rings. The van der Waals surface area contributed by atoms with Gasteiger partial charge in [-0.3, -0.25) is 14.0 Å². The van der Waals surface area contributed by atoms with Crippen LogP contribution in [-0.2, 0) is 0 Å². The van der Waals surface area contributed by atoms with E-state index in [1.165, 1.54) is 10.5 Å². The quantitative estimate of drug-likeness (QED) is 0.794. The molecule has 16 heavy (non-hydrogen) atoms. The average Bonchev–Trinajstić information content (AvgIpc) is 2.29. The van der Waals surface area contributed by atoms with Crippen molar-refractivity contribution in [2.75, 3.05) is 6.54 Å². The zero-order chi connectivity index (χ0) is 11.5. The molecule has 0 saturated heterocycles. The molecule has 0 aromatic carbocycles. The van der Waals surface area contributed by atoms with Crippen LogP contribution in [0.15, 0.2) is 35.3 Å². The van der Waals surface area contributed by atoms with Gasteiger partial charge in [-0.2, -0.15) is 0 Å². The first-order chi connectivity index (χ1) is 7.72. The minimum Gasteiger partial charge on any atom is -0.351 e. The fourth-order valence-electron chi connectivity index (χ4n) is 1.42. The maximum absolute atomic E-state index is 11.7. The number of carbonyl (C=O) groups excluding carboxylic acids is 1. The van der Waals surface area contributed by atoms with Crippen molar-refractivity contribution in [3.8, 4) is 0 Å². The van der Waals surface area contributed by atoms with Crippen LogP contribution in [0.4, 0.5) is 0 Å².